The Hall–Kier alpha value is -1.30. The second-order valence-corrected chi connectivity index (χ2v) is 3.89. The molecule has 0 saturated carbocycles. The van der Waals surface area contributed by atoms with E-state index in [1.165, 1.54) is 0 Å². The number of nitrogens with zero attached hydrogens (tertiary/aromatic N) is 1. The molecule has 0 aromatic rings. The highest BCUT2D eigenvalue weighted by Gasteiger charge is 2.25. The molecule has 0 aromatic carbocycles. The molecule has 6 nitrogen and oxygen atoms in total. The summed E-state index contributed by atoms with van der Waals surface area (Å²) in [4.78, 5) is 24.2. The number of nitrogens with one attached hydrogen (secondary N) is 1. The van der Waals surface area contributed by atoms with Gasteiger partial charge >= 0.3 is 6.03 Å². The molecule has 0 unspecified atom stereocenters. The molecular formula is C10H19N3O3. The number of hydrogen-bond acceptors (Lipinski definition) is 3. The smallest absolute Gasteiger partial charge is 0.317 e. The van der Waals surface area contributed by atoms with Gasteiger partial charge in [0.25, 0.3) is 0 Å². The molecule has 92 valence electrons. The van der Waals surface area contributed by atoms with Crippen LogP contribution >= 0.6 is 0 Å². The van der Waals surface area contributed by atoms with Crippen molar-refractivity contribution in [2.45, 2.75) is 12.8 Å². The zero-order valence-electron chi connectivity index (χ0n) is 9.57. The lowest BCUT2D eigenvalue weighted by Gasteiger charge is -2.30. The maximum atomic E-state index is 11.6. The lowest BCUT2D eigenvalue weighted by molar-refractivity contribution is -0.123. The summed E-state index contributed by atoms with van der Waals surface area (Å²) in [6.07, 6.45) is 1.32. The first kappa shape index (κ1) is 12.8. The van der Waals surface area contributed by atoms with Crippen molar-refractivity contribution in [2.24, 2.45) is 11.7 Å². The summed E-state index contributed by atoms with van der Waals surface area (Å²) < 4.78 is 4.83. The van der Waals surface area contributed by atoms with Crippen LogP contribution in [0.25, 0.3) is 0 Å². The molecule has 3 amide bonds. The number of rotatable bonds is 4. The van der Waals surface area contributed by atoms with Crippen LogP contribution in [0.1, 0.15) is 12.8 Å². The normalized spacial score (nSPS) is 17.2. The molecule has 6 heteroatoms. The zero-order chi connectivity index (χ0) is 12.0. The summed E-state index contributed by atoms with van der Waals surface area (Å²) in [7, 11) is 1.59. The first-order valence-electron chi connectivity index (χ1n) is 5.46. The number of primary amides is 1. The number of likely N-dealkylation sites (tertiary alicyclic amines) is 1. The first-order valence-corrected chi connectivity index (χ1v) is 5.46. The first-order chi connectivity index (χ1) is 7.65. The van der Waals surface area contributed by atoms with Gasteiger partial charge in [0.05, 0.1) is 6.61 Å². The minimum Gasteiger partial charge on any atom is -0.383 e. The van der Waals surface area contributed by atoms with E-state index in [4.69, 9.17) is 10.5 Å². The lowest BCUT2D eigenvalue weighted by Crippen LogP contribution is -2.46. The molecule has 0 atom stereocenters. The number of hydrogen-bond donors (Lipinski definition) is 2. The van der Waals surface area contributed by atoms with Crippen LogP contribution in [0.2, 0.25) is 0 Å². The van der Waals surface area contributed by atoms with Crippen molar-refractivity contribution in [1.29, 1.82) is 0 Å². The van der Waals surface area contributed by atoms with Gasteiger partial charge in [0.2, 0.25) is 5.91 Å². The van der Waals surface area contributed by atoms with Gasteiger partial charge in [0, 0.05) is 32.7 Å². The van der Waals surface area contributed by atoms with E-state index < -0.39 is 0 Å². The Balaban J connectivity index is 2.25. The second kappa shape index (κ2) is 6.32. The SMILES string of the molecule is COCCNC(=O)N1CCC(C(N)=O)CC1. The van der Waals surface area contributed by atoms with Crippen LogP contribution in [0.15, 0.2) is 0 Å². The van der Waals surface area contributed by atoms with Crippen LogP contribution in [0.3, 0.4) is 0 Å². The number of nitrogens with two attached hydrogens (primary N) is 1. The number of carbonyl (C=O) groups excluding carboxylic acids is 2. The van der Waals surface area contributed by atoms with Crippen LogP contribution in [-0.2, 0) is 9.53 Å². The molecule has 0 aliphatic carbocycles. The summed E-state index contributed by atoms with van der Waals surface area (Å²) in [5.41, 5.74) is 5.21. The summed E-state index contributed by atoms with van der Waals surface area (Å²) in [5, 5.41) is 2.74. The topological polar surface area (TPSA) is 84.7 Å². The quantitative estimate of drug-likeness (QED) is 0.640. The van der Waals surface area contributed by atoms with E-state index in [9.17, 15) is 9.59 Å². The summed E-state index contributed by atoms with van der Waals surface area (Å²) >= 11 is 0. The predicted octanol–water partition coefficient (Wildman–Crippen LogP) is -0.460. The minimum atomic E-state index is -0.264. The van der Waals surface area contributed by atoms with Crippen LogP contribution in [0.5, 0.6) is 0 Å². The summed E-state index contributed by atoms with van der Waals surface area (Å²) in [6.45, 7) is 2.19. The molecule has 0 radical (unpaired) electrons. The number of carbonyl (C=O) groups is 2. The zero-order valence-corrected chi connectivity index (χ0v) is 9.57. The van der Waals surface area contributed by atoms with Crippen molar-refractivity contribution in [3.05, 3.63) is 0 Å². The van der Waals surface area contributed by atoms with Crippen LogP contribution in [-0.4, -0.2) is 50.2 Å². The standard InChI is InChI=1S/C10H19N3O3/c1-16-7-4-12-10(15)13-5-2-8(3-6-13)9(11)14/h8H,2-7H2,1H3,(H2,11,14)(H,12,15). The van der Waals surface area contributed by atoms with Gasteiger partial charge in [-0.2, -0.15) is 0 Å². The summed E-state index contributed by atoms with van der Waals surface area (Å²) in [5.74, 6) is -0.345. The molecule has 1 aliphatic heterocycles. The third kappa shape index (κ3) is 3.69. The molecular weight excluding hydrogens is 210 g/mol. The number of amides is 3. The predicted molar refractivity (Wildman–Crippen MR) is 58.8 cm³/mol. The Morgan fingerprint density at radius 3 is 2.56 bits per heavy atom. The average Bonchev–Trinajstić information content (AvgIpc) is 2.29. The van der Waals surface area contributed by atoms with E-state index >= 15 is 0 Å². The number of piperidine rings is 1. The van der Waals surface area contributed by atoms with Gasteiger partial charge in [0.1, 0.15) is 0 Å². The fourth-order valence-electron chi connectivity index (χ4n) is 1.74. The Morgan fingerprint density at radius 1 is 1.44 bits per heavy atom. The summed E-state index contributed by atoms with van der Waals surface area (Å²) in [6, 6.07) is -0.0972. The van der Waals surface area contributed by atoms with Crippen molar-refractivity contribution in [3.8, 4) is 0 Å². The molecule has 1 fully saturated rings. The number of ether oxygens (including phenoxy) is 1. The lowest BCUT2D eigenvalue weighted by atomic mass is 9.96. The molecule has 16 heavy (non-hydrogen) atoms. The third-order valence-corrected chi connectivity index (χ3v) is 2.77. The molecule has 1 saturated heterocycles. The Kier molecular flexibility index (Phi) is 5.04. The van der Waals surface area contributed by atoms with Crippen LogP contribution < -0.4 is 11.1 Å². The van der Waals surface area contributed by atoms with E-state index in [1.54, 1.807) is 12.0 Å². The second-order valence-electron chi connectivity index (χ2n) is 3.89. The van der Waals surface area contributed by atoms with E-state index in [0.717, 1.165) is 0 Å². The maximum absolute atomic E-state index is 11.6. The molecule has 0 spiro atoms. The van der Waals surface area contributed by atoms with Crippen LogP contribution in [0, 0.1) is 5.92 Å². The van der Waals surface area contributed by atoms with Gasteiger partial charge in [-0.1, -0.05) is 0 Å². The van der Waals surface area contributed by atoms with E-state index in [2.05, 4.69) is 5.32 Å². The fourth-order valence-corrected chi connectivity index (χ4v) is 1.74. The van der Waals surface area contributed by atoms with Gasteiger partial charge in [-0.05, 0) is 12.8 Å². The third-order valence-electron chi connectivity index (χ3n) is 2.77. The monoisotopic (exact) mass is 229 g/mol. The van der Waals surface area contributed by atoms with Crippen molar-refractivity contribution in [1.82, 2.24) is 10.2 Å². The largest absolute Gasteiger partial charge is 0.383 e. The van der Waals surface area contributed by atoms with Gasteiger partial charge in [-0.25, -0.2) is 4.79 Å². The molecule has 1 aliphatic rings. The van der Waals surface area contributed by atoms with Crippen molar-refractivity contribution >= 4 is 11.9 Å². The van der Waals surface area contributed by atoms with Crippen molar-refractivity contribution < 1.29 is 14.3 Å². The van der Waals surface area contributed by atoms with Gasteiger partial charge in [-0.15, -0.1) is 0 Å². The molecule has 0 bridgehead atoms. The highest BCUT2D eigenvalue weighted by atomic mass is 16.5. The Bertz CT molecular complexity index is 250. The van der Waals surface area contributed by atoms with E-state index in [0.29, 0.717) is 39.1 Å². The highest BCUT2D eigenvalue weighted by Crippen LogP contribution is 2.16. The molecule has 1 rings (SSSR count). The van der Waals surface area contributed by atoms with Gasteiger partial charge < -0.3 is 20.7 Å². The average molecular weight is 229 g/mol. The molecule has 0 aromatic heterocycles. The van der Waals surface area contributed by atoms with E-state index in [-0.39, 0.29) is 17.9 Å². The molecule has 1 heterocycles. The van der Waals surface area contributed by atoms with Gasteiger partial charge in [0.15, 0.2) is 0 Å². The Labute approximate surface area is 95.1 Å². The fraction of sp³-hybridized carbons (Fsp3) is 0.800. The maximum Gasteiger partial charge on any atom is 0.317 e. The van der Waals surface area contributed by atoms with Crippen molar-refractivity contribution in [2.75, 3.05) is 33.4 Å². The number of methoxy groups -OCH3 is 1. The highest BCUT2D eigenvalue weighted by molar-refractivity contribution is 5.78. The Morgan fingerprint density at radius 2 is 2.06 bits per heavy atom. The van der Waals surface area contributed by atoms with Gasteiger partial charge in [-0.3, -0.25) is 4.79 Å². The number of urea groups is 1. The van der Waals surface area contributed by atoms with E-state index in [1.807, 2.05) is 0 Å². The van der Waals surface area contributed by atoms with Crippen molar-refractivity contribution in [3.63, 3.8) is 0 Å². The molecule has 3 N–H and O–H groups in total. The van der Waals surface area contributed by atoms with Crippen LogP contribution in [0.4, 0.5) is 4.79 Å². The minimum absolute atomic E-state index is 0.0805.